The lowest BCUT2D eigenvalue weighted by atomic mass is 10.2. The second-order valence-electron chi connectivity index (χ2n) is 5.16. The van der Waals surface area contributed by atoms with Crippen LogP contribution in [0.5, 0.6) is 0 Å². The maximum Gasteiger partial charge on any atom is 0.256 e. The molecule has 0 unspecified atom stereocenters. The van der Waals surface area contributed by atoms with Crippen molar-refractivity contribution in [1.82, 2.24) is 0 Å². The van der Waals surface area contributed by atoms with Gasteiger partial charge < -0.3 is 15.4 Å². The fraction of sp³-hybridized carbons (Fsp3) is 0.235. The average Bonchev–Trinajstić information content (AvgIpc) is 2.88. The molecular weight excluding hydrogens is 264 g/mol. The molecule has 1 amide bonds. The molecule has 3 rings (SSSR count). The van der Waals surface area contributed by atoms with Crippen LogP contribution in [0.4, 0.5) is 11.4 Å². The largest absolute Gasteiger partial charge is 0.399 e. The number of amides is 1. The highest BCUT2D eigenvalue weighted by atomic mass is 16.5. The molecule has 1 atom stereocenters. The number of carbonyl (C=O) groups excluding carboxylic acids is 1. The van der Waals surface area contributed by atoms with Gasteiger partial charge in [-0.3, -0.25) is 4.79 Å². The monoisotopic (exact) mass is 282 g/mol. The van der Waals surface area contributed by atoms with Crippen LogP contribution in [0.2, 0.25) is 0 Å². The van der Waals surface area contributed by atoms with E-state index in [1.165, 1.54) is 0 Å². The van der Waals surface area contributed by atoms with Crippen LogP contribution in [-0.4, -0.2) is 18.6 Å². The Morgan fingerprint density at radius 1 is 1.10 bits per heavy atom. The predicted octanol–water partition coefficient (Wildman–Crippen LogP) is 2.59. The Balaban J connectivity index is 1.62. The van der Waals surface area contributed by atoms with Gasteiger partial charge in [-0.15, -0.1) is 0 Å². The van der Waals surface area contributed by atoms with E-state index in [4.69, 9.17) is 10.5 Å². The number of anilines is 2. The third-order valence-corrected chi connectivity index (χ3v) is 3.66. The van der Waals surface area contributed by atoms with Crippen LogP contribution >= 0.6 is 0 Å². The molecule has 2 aromatic rings. The van der Waals surface area contributed by atoms with Gasteiger partial charge in [0.25, 0.3) is 5.91 Å². The van der Waals surface area contributed by atoms with Crippen LogP contribution in [0.15, 0.2) is 54.6 Å². The molecule has 4 heteroatoms. The summed E-state index contributed by atoms with van der Waals surface area (Å²) in [7, 11) is 0. The molecule has 2 N–H and O–H groups in total. The molecule has 4 nitrogen and oxygen atoms in total. The fourth-order valence-electron chi connectivity index (χ4n) is 2.49. The SMILES string of the molecule is Nc1ccc(N2CC[C@@H](OCc3ccccc3)C2=O)cc1. The van der Waals surface area contributed by atoms with Crippen LogP contribution in [0.3, 0.4) is 0 Å². The highest BCUT2D eigenvalue weighted by Crippen LogP contribution is 2.24. The van der Waals surface area contributed by atoms with E-state index < -0.39 is 0 Å². The predicted molar refractivity (Wildman–Crippen MR) is 82.8 cm³/mol. The van der Waals surface area contributed by atoms with Gasteiger partial charge in [-0.25, -0.2) is 0 Å². The molecule has 0 bridgehead atoms. The van der Waals surface area contributed by atoms with Crippen molar-refractivity contribution in [3.05, 3.63) is 60.2 Å². The van der Waals surface area contributed by atoms with Crippen molar-refractivity contribution in [1.29, 1.82) is 0 Å². The first-order valence-corrected chi connectivity index (χ1v) is 7.06. The van der Waals surface area contributed by atoms with E-state index in [9.17, 15) is 4.79 Å². The summed E-state index contributed by atoms with van der Waals surface area (Å²) >= 11 is 0. The van der Waals surface area contributed by atoms with Gasteiger partial charge in [-0.05, 0) is 29.8 Å². The summed E-state index contributed by atoms with van der Waals surface area (Å²) in [6.07, 6.45) is 0.360. The number of benzene rings is 2. The van der Waals surface area contributed by atoms with E-state index >= 15 is 0 Å². The maximum absolute atomic E-state index is 12.4. The minimum atomic E-state index is -0.359. The van der Waals surface area contributed by atoms with Crippen LogP contribution in [-0.2, 0) is 16.1 Å². The fourth-order valence-corrected chi connectivity index (χ4v) is 2.49. The summed E-state index contributed by atoms with van der Waals surface area (Å²) in [6, 6.07) is 17.2. The zero-order valence-electron chi connectivity index (χ0n) is 11.7. The number of nitrogens with zero attached hydrogens (tertiary/aromatic N) is 1. The molecule has 21 heavy (non-hydrogen) atoms. The molecular formula is C17H18N2O2. The lowest BCUT2D eigenvalue weighted by molar-refractivity contribution is -0.127. The third kappa shape index (κ3) is 3.06. The van der Waals surface area contributed by atoms with E-state index in [1.807, 2.05) is 42.5 Å². The van der Waals surface area contributed by atoms with Gasteiger partial charge in [0.15, 0.2) is 0 Å². The van der Waals surface area contributed by atoms with Crippen LogP contribution in [0.25, 0.3) is 0 Å². The number of nitrogen functional groups attached to an aromatic ring is 1. The molecule has 0 radical (unpaired) electrons. The summed E-state index contributed by atoms with van der Waals surface area (Å²) in [5.41, 5.74) is 8.32. The number of hydrogen-bond acceptors (Lipinski definition) is 3. The molecule has 0 aromatic heterocycles. The van der Waals surface area contributed by atoms with Crippen LogP contribution in [0, 0.1) is 0 Å². The first-order chi connectivity index (χ1) is 10.2. The smallest absolute Gasteiger partial charge is 0.256 e. The first-order valence-electron chi connectivity index (χ1n) is 7.06. The van der Waals surface area contributed by atoms with E-state index in [2.05, 4.69) is 0 Å². The van der Waals surface area contributed by atoms with E-state index in [1.54, 1.807) is 17.0 Å². The van der Waals surface area contributed by atoms with Crippen molar-refractivity contribution in [2.24, 2.45) is 0 Å². The van der Waals surface area contributed by atoms with Crippen LogP contribution < -0.4 is 10.6 Å². The van der Waals surface area contributed by atoms with Crippen molar-refractivity contribution in [3.8, 4) is 0 Å². The topological polar surface area (TPSA) is 55.6 Å². The molecule has 0 spiro atoms. The Morgan fingerprint density at radius 2 is 1.81 bits per heavy atom. The second-order valence-corrected chi connectivity index (χ2v) is 5.16. The van der Waals surface area contributed by atoms with Crippen molar-refractivity contribution in [3.63, 3.8) is 0 Å². The molecule has 0 aliphatic carbocycles. The van der Waals surface area contributed by atoms with Gasteiger partial charge in [0, 0.05) is 24.3 Å². The highest BCUT2D eigenvalue weighted by molar-refractivity contribution is 5.98. The Kier molecular flexibility index (Phi) is 3.88. The summed E-state index contributed by atoms with van der Waals surface area (Å²) in [4.78, 5) is 14.1. The Hall–Kier alpha value is -2.33. The first kappa shape index (κ1) is 13.6. The Bertz CT molecular complexity index is 610. The number of rotatable bonds is 4. The van der Waals surface area contributed by atoms with Crippen molar-refractivity contribution in [2.45, 2.75) is 19.1 Å². The van der Waals surface area contributed by atoms with Gasteiger partial charge in [0.05, 0.1) is 6.61 Å². The quantitative estimate of drug-likeness (QED) is 0.877. The molecule has 1 fully saturated rings. The van der Waals surface area contributed by atoms with E-state index in [0.29, 0.717) is 18.8 Å². The van der Waals surface area contributed by atoms with Crippen molar-refractivity contribution >= 4 is 17.3 Å². The molecule has 1 heterocycles. The highest BCUT2D eigenvalue weighted by Gasteiger charge is 2.33. The van der Waals surface area contributed by atoms with Gasteiger partial charge in [0.2, 0.25) is 0 Å². The Labute approximate surface area is 124 Å². The van der Waals surface area contributed by atoms with Gasteiger partial charge in [-0.2, -0.15) is 0 Å². The number of ether oxygens (including phenoxy) is 1. The Morgan fingerprint density at radius 3 is 2.52 bits per heavy atom. The van der Waals surface area contributed by atoms with Crippen LogP contribution in [0.1, 0.15) is 12.0 Å². The van der Waals surface area contributed by atoms with Gasteiger partial charge >= 0.3 is 0 Å². The standard InChI is InChI=1S/C17H18N2O2/c18-14-6-8-15(9-7-14)19-11-10-16(17(19)20)21-12-13-4-2-1-3-5-13/h1-9,16H,10-12,18H2/t16-/m1/s1. The van der Waals surface area contributed by atoms with E-state index in [0.717, 1.165) is 17.7 Å². The number of hydrogen-bond donors (Lipinski definition) is 1. The maximum atomic E-state index is 12.4. The second kappa shape index (κ2) is 5.97. The molecule has 1 aliphatic rings. The zero-order chi connectivity index (χ0) is 14.7. The number of nitrogens with two attached hydrogens (primary N) is 1. The lowest BCUT2D eigenvalue weighted by Gasteiger charge is -2.17. The zero-order valence-corrected chi connectivity index (χ0v) is 11.7. The van der Waals surface area contributed by atoms with Gasteiger partial charge in [-0.1, -0.05) is 30.3 Å². The number of carbonyl (C=O) groups is 1. The minimum Gasteiger partial charge on any atom is -0.399 e. The molecule has 108 valence electrons. The van der Waals surface area contributed by atoms with E-state index in [-0.39, 0.29) is 12.0 Å². The average molecular weight is 282 g/mol. The molecule has 2 aromatic carbocycles. The molecule has 1 saturated heterocycles. The lowest BCUT2D eigenvalue weighted by Crippen LogP contribution is -2.30. The van der Waals surface area contributed by atoms with Crippen molar-refractivity contribution < 1.29 is 9.53 Å². The summed E-state index contributed by atoms with van der Waals surface area (Å²) in [6.45, 7) is 1.15. The summed E-state index contributed by atoms with van der Waals surface area (Å²) < 4.78 is 5.76. The van der Waals surface area contributed by atoms with Gasteiger partial charge in [0.1, 0.15) is 6.10 Å². The summed E-state index contributed by atoms with van der Waals surface area (Å²) in [5.74, 6) is 0.0238. The summed E-state index contributed by atoms with van der Waals surface area (Å²) in [5, 5.41) is 0. The molecule has 0 saturated carbocycles. The molecule has 1 aliphatic heterocycles. The normalized spacial score (nSPS) is 18.2. The third-order valence-electron chi connectivity index (χ3n) is 3.66. The minimum absolute atomic E-state index is 0.0238. The van der Waals surface area contributed by atoms with Crippen molar-refractivity contribution in [2.75, 3.05) is 17.2 Å².